The summed E-state index contributed by atoms with van der Waals surface area (Å²) in [5.74, 6) is 0.227. The number of carbonyl (C=O) groups is 1. The molecule has 9 nitrogen and oxygen atoms in total. The Bertz CT molecular complexity index is 1310. The molecular weight excluding hydrogens is 430 g/mol. The molecule has 0 unspecified atom stereocenters. The lowest BCUT2D eigenvalue weighted by Crippen LogP contribution is -2.23. The second-order valence-electron chi connectivity index (χ2n) is 7.92. The van der Waals surface area contributed by atoms with Crippen molar-refractivity contribution in [3.05, 3.63) is 35.1 Å². The minimum Gasteiger partial charge on any atom is -0.383 e. The highest BCUT2D eigenvalue weighted by atomic mass is 35.5. The van der Waals surface area contributed by atoms with Gasteiger partial charge in [0.2, 0.25) is 0 Å². The van der Waals surface area contributed by atoms with Crippen molar-refractivity contribution in [1.29, 1.82) is 0 Å². The number of anilines is 1. The number of nitrogens with two attached hydrogens (primary N) is 1. The van der Waals surface area contributed by atoms with Gasteiger partial charge in [-0.05, 0) is 31.4 Å². The van der Waals surface area contributed by atoms with Crippen LogP contribution < -0.4 is 11.1 Å². The highest BCUT2D eigenvalue weighted by Gasteiger charge is 2.26. The fourth-order valence-corrected chi connectivity index (χ4v) is 4.46. The van der Waals surface area contributed by atoms with E-state index in [9.17, 15) is 4.79 Å². The first-order valence-electron chi connectivity index (χ1n) is 10.7. The van der Waals surface area contributed by atoms with Gasteiger partial charge in [-0.3, -0.25) is 4.79 Å². The van der Waals surface area contributed by atoms with Crippen LogP contribution in [0.4, 0.5) is 5.82 Å². The molecule has 0 saturated carbocycles. The molecule has 1 amide bonds. The summed E-state index contributed by atoms with van der Waals surface area (Å²) in [5, 5.41) is 9.75. The highest BCUT2D eigenvalue weighted by molar-refractivity contribution is 6.38. The quantitative estimate of drug-likeness (QED) is 0.423. The fraction of sp³-hybridized carbons (Fsp3) is 0.364. The molecule has 1 aliphatic rings. The van der Waals surface area contributed by atoms with Crippen LogP contribution in [0.3, 0.4) is 0 Å². The second kappa shape index (κ2) is 8.40. The van der Waals surface area contributed by atoms with Gasteiger partial charge in [0, 0.05) is 36.2 Å². The normalized spacial score (nSPS) is 14.9. The summed E-state index contributed by atoms with van der Waals surface area (Å²) in [7, 11) is 0. The number of halogens is 1. The van der Waals surface area contributed by atoms with E-state index in [4.69, 9.17) is 27.2 Å². The van der Waals surface area contributed by atoms with Crippen LogP contribution in [-0.4, -0.2) is 50.4 Å². The number of rotatable bonds is 5. The number of hydrogen-bond donors (Lipinski definition) is 3. The molecule has 32 heavy (non-hydrogen) atoms. The van der Waals surface area contributed by atoms with Crippen LogP contribution in [0, 0.1) is 0 Å². The lowest BCUT2D eigenvalue weighted by atomic mass is 10.1. The molecule has 1 aliphatic heterocycles. The molecule has 0 radical (unpaired) electrons. The standard InChI is InChI=1S/C22H24ClN7O2/c1-2-7-25-22(31)12-3-4-14-15(10-12)28-19(17(14)23)18-16-20(24)26-11-27-21(16)30(29-18)13-5-8-32-9-6-13/h3-4,10-11,13,28H,2,5-9H2,1H3,(H,25,31)(H2,24,26,27). The molecule has 3 aromatic heterocycles. The first-order chi connectivity index (χ1) is 15.6. The molecule has 1 fully saturated rings. The number of aromatic amines is 1. The van der Waals surface area contributed by atoms with Gasteiger partial charge in [-0.25, -0.2) is 14.6 Å². The Morgan fingerprint density at radius 2 is 2.16 bits per heavy atom. The predicted octanol–water partition coefficient (Wildman–Crippen LogP) is 3.70. The van der Waals surface area contributed by atoms with Crippen molar-refractivity contribution < 1.29 is 9.53 Å². The molecule has 0 aliphatic carbocycles. The molecule has 1 aromatic carbocycles. The summed E-state index contributed by atoms with van der Waals surface area (Å²) in [4.78, 5) is 24.4. The largest absolute Gasteiger partial charge is 0.383 e. The van der Waals surface area contributed by atoms with Crippen LogP contribution in [0.15, 0.2) is 24.5 Å². The minimum absolute atomic E-state index is 0.118. The molecule has 4 aromatic rings. The third-order valence-electron chi connectivity index (χ3n) is 5.82. The van der Waals surface area contributed by atoms with Crippen LogP contribution in [0.25, 0.3) is 33.3 Å². The average Bonchev–Trinajstić information content (AvgIpc) is 3.36. The number of amides is 1. The molecule has 0 bridgehead atoms. The van der Waals surface area contributed by atoms with E-state index in [2.05, 4.69) is 20.3 Å². The number of hydrogen-bond acceptors (Lipinski definition) is 6. The molecule has 5 rings (SSSR count). The number of nitrogens with zero attached hydrogens (tertiary/aromatic N) is 4. The monoisotopic (exact) mass is 453 g/mol. The SMILES string of the molecule is CCCNC(=O)c1ccc2c(Cl)c(-c3nn(C4CCOCC4)c4ncnc(N)c34)[nH]c2c1. The van der Waals surface area contributed by atoms with Crippen molar-refractivity contribution in [2.45, 2.75) is 32.2 Å². The average molecular weight is 454 g/mol. The van der Waals surface area contributed by atoms with Crippen molar-refractivity contribution in [3.8, 4) is 11.4 Å². The maximum Gasteiger partial charge on any atom is 0.251 e. The highest BCUT2D eigenvalue weighted by Crippen LogP contribution is 2.39. The van der Waals surface area contributed by atoms with Crippen LogP contribution >= 0.6 is 11.6 Å². The summed E-state index contributed by atoms with van der Waals surface area (Å²) in [5.41, 5.74) is 9.47. The van der Waals surface area contributed by atoms with Crippen molar-refractivity contribution in [1.82, 2.24) is 30.0 Å². The number of fused-ring (bicyclic) bond motifs is 2. The molecule has 4 heterocycles. The number of aromatic nitrogens is 5. The number of nitrogen functional groups attached to an aromatic ring is 1. The van der Waals surface area contributed by atoms with Crippen molar-refractivity contribution >= 4 is 45.3 Å². The number of nitrogens with one attached hydrogen (secondary N) is 2. The summed E-state index contributed by atoms with van der Waals surface area (Å²) < 4.78 is 7.42. The zero-order valence-corrected chi connectivity index (χ0v) is 18.4. The van der Waals surface area contributed by atoms with E-state index in [0.29, 0.717) is 58.6 Å². The Morgan fingerprint density at radius 1 is 1.34 bits per heavy atom. The summed E-state index contributed by atoms with van der Waals surface area (Å²) in [6.45, 7) is 4.00. The maximum absolute atomic E-state index is 12.4. The third-order valence-corrected chi connectivity index (χ3v) is 6.22. The lowest BCUT2D eigenvalue weighted by Gasteiger charge is -2.22. The molecule has 0 spiro atoms. The van der Waals surface area contributed by atoms with E-state index in [1.807, 2.05) is 17.7 Å². The van der Waals surface area contributed by atoms with Crippen LogP contribution in [0.2, 0.25) is 5.02 Å². The van der Waals surface area contributed by atoms with Crippen LogP contribution in [0.1, 0.15) is 42.6 Å². The van der Waals surface area contributed by atoms with Gasteiger partial charge in [-0.1, -0.05) is 24.6 Å². The number of carbonyl (C=O) groups excluding carboxylic acids is 1. The van der Waals surface area contributed by atoms with Gasteiger partial charge in [0.1, 0.15) is 17.8 Å². The first-order valence-corrected chi connectivity index (χ1v) is 11.1. The summed E-state index contributed by atoms with van der Waals surface area (Å²) >= 11 is 6.77. The Balaban J connectivity index is 1.64. The smallest absolute Gasteiger partial charge is 0.251 e. The number of H-pyrrole nitrogens is 1. The van der Waals surface area contributed by atoms with Crippen LogP contribution in [0.5, 0.6) is 0 Å². The fourth-order valence-electron chi connectivity index (χ4n) is 4.16. The Labute approximate surface area is 189 Å². The molecule has 10 heteroatoms. The zero-order chi connectivity index (χ0) is 22.2. The molecular formula is C22H24ClN7O2. The van der Waals surface area contributed by atoms with Gasteiger partial charge in [0.05, 0.1) is 22.1 Å². The first kappa shape index (κ1) is 20.7. The molecule has 166 valence electrons. The minimum atomic E-state index is -0.118. The number of ether oxygens (including phenoxy) is 1. The maximum atomic E-state index is 12.4. The van der Waals surface area contributed by atoms with Crippen molar-refractivity contribution in [2.75, 3.05) is 25.5 Å². The van der Waals surface area contributed by atoms with E-state index < -0.39 is 0 Å². The van der Waals surface area contributed by atoms with Crippen molar-refractivity contribution in [3.63, 3.8) is 0 Å². The molecule has 0 atom stereocenters. The van der Waals surface area contributed by atoms with E-state index in [0.717, 1.165) is 30.2 Å². The molecule has 1 saturated heterocycles. The van der Waals surface area contributed by atoms with Crippen LogP contribution in [-0.2, 0) is 4.74 Å². The van der Waals surface area contributed by atoms with Gasteiger partial charge in [-0.15, -0.1) is 0 Å². The Morgan fingerprint density at radius 3 is 2.94 bits per heavy atom. The second-order valence-corrected chi connectivity index (χ2v) is 8.30. The van der Waals surface area contributed by atoms with Gasteiger partial charge in [-0.2, -0.15) is 5.10 Å². The zero-order valence-electron chi connectivity index (χ0n) is 17.7. The van der Waals surface area contributed by atoms with Crippen molar-refractivity contribution in [2.24, 2.45) is 0 Å². The number of benzene rings is 1. The summed E-state index contributed by atoms with van der Waals surface area (Å²) in [6.07, 6.45) is 4.01. The van der Waals surface area contributed by atoms with E-state index in [1.165, 1.54) is 6.33 Å². The van der Waals surface area contributed by atoms with Gasteiger partial charge < -0.3 is 20.8 Å². The summed E-state index contributed by atoms with van der Waals surface area (Å²) in [6, 6.07) is 5.57. The Kier molecular flexibility index (Phi) is 5.44. The topological polar surface area (TPSA) is 124 Å². The molecule has 4 N–H and O–H groups in total. The van der Waals surface area contributed by atoms with E-state index in [1.54, 1.807) is 12.1 Å². The van der Waals surface area contributed by atoms with Gasteiger partial charge >= 0.3 is 0 Å². The lowest BCUT2D eigenvalue weighted by molar-refractivity contribution is 0.0674. The Hall–Kier alpha value is -3.17. The van der Waals surface area contributed by atoms with E-state index >= 15 is 0 Å². The van der Waals surface area contributed by atoms with Gasteiger partial charge in [0.25, 0.3) is 5.91 Å². The predicted molar refractivity (Wildman–Crippen MR) is 124 cm³/mol. The van der Waals surface area contributed by atoms with E-state index in [-0.39, 0.29) is 11.9 Å². The third kappa shape index (κ3) is 3.47. The van der Waals surface area contributed by atoms with Gasteiger partial charge in [0.15, 0.2) is 5.65 Å².